The number of nitrogens with one attached hydrogen (secondary N) is 1. The Bertz CT molecular complexity index is 815. The number of aliphatic carboxylic acids is 1. The van der Waals surface area contributed by atoms with E-state index in [9.17, 15) is 4.79 Å². The van der Waals surface area contributed by atoms with Crippen molar-refractivity contribution in [2.75, 3.05) is 11.9 Å². The number of aryl methyl sites for hydroxylation is 1. The van der Waals surface area contributed by atoms with Gasteiger partial charge in [-0.05, 0) is 12.5 Å². The van der Waals surface area contributed by atoms with Crippen molar-refractivity contribution in [3.05, 3.63) is 41.5 Å². The monoisotopic (exact) mass is 313 g/mol. The highest BCUT2D eigenvalue weighted by Gasteiger charge is 2.14. The van der Waals surface area contributed by atoms with Crippen LogP contribution in [-0.4, -0.2) is 27.6 Å². The minimum Gasteiger partial charge on any atom is -0.481 e. The number of benzene rings is 1. The molecule has 2 aromatic heterocycles. The van der Waals surface area contributed by atoms with Crippen LogP contribution in [0.3, 0.4) is 0 Å². The Morgan fingerprint density at radius 3 is 2.77 bits per heavy atom. The highest BCUT2D eigenvalue weighted by Crippen LogP contribution is 2.36. The average molecular weight is 313 g/mol. The van der Waals surface area contributed by atoms with Gasteiger partial charge in [0.25, 0.3) is 0 Å². The van der Waals surface area contributed by atoms with E-state index in [1.54, 1.807) is 11.3 Å². The lowest BCUT2D eigenvalue weighted by Gasteiger charge is -2.08. The predicted molar refractivity (Wildman–Crippen MR) is 88.3 cm³/mol. The normalized spacial score (nSPS) is 10.8. The van der Waals surface area contributed by atoms with Gasteiger partial charge >= 0.3 is 5.97 Å². The number of fused-ring (bicyclic) bond motifs is 1. The number of nitrogens with zero attached hydrogens (tertiary/aromatic N) is 2. The van der Waals surface area contributed by atoms with Crippen LogP contribution < -0.4 is 5.32 Å². The van der Waals surface area contributed by atoms with E-state index in [0.717, 1.165) is 21.3 Å². The molecule has 0 aliphatic heterocycles. The molecule has 112 valence electrons. The van der Waals surface area contributed by atoms with Crippen LogP contribution >= 0.6 is 11.3 Å². The fraction of sp³-hybridized carbons (Fsp3) is 0.188. The van der Waals surface area contributed by atoms with Crippen molar-refractivity contribution in [1.29, 1.82) is 0 Å². The Kier molecular flexibility index (Phi) is 4.02. The van der Waals surface area contributed by atoms with E-state index in [-0.39, 0.29) is 6.42 Å². The van der Waals surface area contributed by atoms with Crippen molar-refractivity contribution in [3.8, 4) is 11.1 Å². The summed E-state index contributed by atoms with van der Waals surface area (Å²) in [6, 6.07) is 10.0. The molecule has 6 heteroatoms. The topological polar surface area (TPSA) is 75.1 Å². The molecule has 0 aliphatic rings. The van der Waals surface area contributed by atoms with Gasteiger partial charge in [0.2, 0.25) is 0 Å². The highest BCUT2D eigenvalue weighted by molar-refractivity contribution is 7.17. The largest absolute Gasteiger partial charge is 0.481 e. The molecule has 5 nitrogen and oxygen atoms in total. The second-order valence-corrected chi connectivity index (χ2v) is 5.74. The zero-order valence-corrected chi connectivity index (χ0v) is 12.9. The Morgan fingerprint density at radius 1 is 1.27 bits per heavy atom. The van der Waals surface area contributed by atoms with Crippen LogP contribution in [0.2, 0.25) is 0 Å². The fourth-order valence-corrected chi connectivity index (χ4v) is 3.29. The van der Waals surface area contributed by atoms with E-state index >= 15 is 0 Å². The summed E-state index contributed by atoms with van der Waals surface area (Å²) in [5.74, 6) is 0.541. The van der Waals surface area contributed by atoms with E-state index in [1.807, 2.05) is 37.3 Å². The van der Waals surface area contributed by atoms with Gasteiger partial charge < -0.3 is 10.4 Å². The van der Waals surface area contributed by atoms with Crippen LogP contribution in [0.1, 0.15) is 12.2 Å². The molecule has 0 radical (unpaired) electrons. The molecule has 3 rings (SSSR count). The Labute approximate surface area is 131 Å². The number of carbonyl (C=O) groups is 1. The summed E-state index contributed by atoms with van der Waals surface area (Å²) in [5.41, 5.74) is 2.17. The van der Waals surface area contributed by atoms with Crippen LogP contribution in [0.4, 0.5) is 5.82 Å². The molecule has 22 heavy (non-hydrogen) atoms. The predicted octanol–water partition coefficient (Wildman–Crippen LogP) is 3.55. The Hall–Kier alpha value is -2.47. The molecule has 0 bridgehead atoms. The van der Waals surface area contributed by atoms with Crippen molar-refractivity contribution in [2.24, 2.45) is 0 Å². The van der Waals surface area contributed by atoms with Gasteiger partial charge in [-0.3, -0.25) is 4.79 Å². The molecule has 0 spiro atoms. The van der Waals surface area contributed by atoms with Crippen molar-refractivity contribution >= 4 is 33.3 Å². The molecule has 0 fully saturated rings. The van der Waals surface area contributed by atoms with Crippen LogP contribution in [0, 0.1) is 6.92 Å². The number of carboxylic acid groups (broad SMARTS) is 1. The highest BCUT2D eigenvalue weighted by atomic mass is 32.1. The van der Waals surface area contributed by atoms with Gasteiger partial charge in [0.05, 0.1) is 11.8 Å². The third-order valence-electron chi connectivity index (χ3n) is 3.26. The zero-order valence-electron chi connectivity index (χ0n) is 12.0. The maximum absolute atomic E-state index is 10.7. The summed E-state index contributed by atoms with van der Waals surface area (Å²) in [4.78, 5) is 20.5. The summed E-state index contributed by atoms with van der Waals surface area (Å²) in [6.07, 6.45) is 0.0509. The molecule has 1 aromatic carbocycles. The molecule has 3 aromatic rings. The summed E-state index contributed by atoms with van der Waals surface area (Å²) in [7, 11) is 0. The number of carboxylic acids is 1. The van der Waals surface area contributed by atoms with E-state index in [1.165, 1.54) is 0 Å². The molecule has 0 saturated carbocycles. The zero-order chi connectivity index (χ0) is 15.5. The number of aromatic nitrogens is 2. The van der Waals surface area contributed by atoms with Crippen molar-refractivity contribution in [1.82, 2.24) is 9.97 Å². The molecule has 2 heterocycles. The second-order valence-electron chi connectivity index (χ2n) is 4.89. The summed E-state index contributed by atoms with van der Waals surface area (Å²) in [6.45, 7) is 2.18. The molecular formula is C16H15N3O2S. The number of rotatable bonds is 5. The number of anilines is 1. The minimum absolute atomic E-state index is 0.0509. The number of hydrogen-bond donors (Lipinski definition) is 2. The quantitative estimate of drug-likeness (QED) is 0.753. The third kappa shape index (κ3) is 2.92. The molecule has 0 amide bonds. The summed E-state index contributed by atoms with van der Waals surface area (Å²) < 4.78 is 0. The standard InChI is InChI=1S/C16H15N3O2S/c1-10-18-15(17-8-7-13(20)21)14-12(9-22-16(14)19-10)11-5-3-2-4-6-11/h2-6,9H,7-8H2,1H3,(H,20,21)(H,17,18,19). The van der Waals surface area contributed by atoms with Gasteiger partial charge in [-0.1, -0.05) is 30.3 Å². The van der Waals surface area contributed by atoms with Crippen LogP contribution in [0.25, 0.3) is 21.3 Å². The molecule has 0 unspecified atom stereocenters. The first-order valence-corrected chi connectivity index (χ1v) is 7.80. The van der Waals surface area contributed by atoms with Crippen molar-refractivity contribution in [3.63, 3.8) is 0 Å². The average Bonchev–Trinajstić information content (AvgIpc) is 2.91. The maximum atomic E-state index is 10.7. The van der Waals surface area contributed by atoms with Crippen LogP contribution in [-0.2, 0) is 4.79 Å². The third-order valence-corrected chi connectivity index (χ3v) is 4.13. The van der Waals surface area contributed by atoms with Crippen molar-refractivity contribution in [2.45, 2.75) is 13.3 Å². The SMILES string of the molecule is Cc1nc(NCCC(=O)O)c2c(-c3ccccc3)csc2n1. The number of thiophene rings is 1. The summed E-state index contributed by atoms with van der Waals surface area (Å²) >= 11 is 1.57. The van der Waals surface area contributed by atoms with Crippen LogP contribution in [0.15, 0.2) is 35.7 Å². The smallest absolute Gasteiger partial charge is 0.305 e. The van der Waals surface area contributed by atoms with Gasteiger partial charge in [-0.25, -0.2) is 9.97 Å². The number of hydrogen-bond acceptors (Lipinski definition) is 5. The summed E-state index contributed by atoms with van der Waals surface area (Å²) in [5, 5.41) is 14.9. The van der Waals surface area contributed by atoms with Crippen LogP contribution in [0.5, 0.6) is 0 Å². The van der Waals surface area contributed by atoms with Gasteiger partial charge in [-0.2, -0.15) is 0 Å². The van der Waals surface area contributed by atoms with Gasteiger partial charge in [-0.15, -0.1) is 11.3 Å². The van der Waals surface area contributed by atoms with E-state index < -0.39 is 5.97 Å². The first kappa shape index (κ1) is 14.5. The lowest BCUT2D eigenvalue weighted by Crippen LogP contribution is -2.09. The molecule has 0 aliphatic carbocycles. The van der Waals surface area contributed by atoms with Gasteiger partial charge in [0, 0.05) is 17.5 Å². The lowest BCUT2D eigenvalue weighted by molar-refractivity contribution is -0.136. The second kappa shape index (κ2) is 6.11. The minimum atomic E-state index is -0.830. The first-order valence-electron chi connectivity index (χ1n) is 6.92. The Morgan fingerprint density at radius 2 is 2.05 bits per heavy atom. The maximum Gasteiger partial charge on any atom is 0.305 e. The van der Waals surface area contributed by atoms with E-state index in [4.69, 9.17) is 5.11 Å². The van der Waals surface area contributed by atoms with E-state index in [2.05, 4.69) is 20.7 Å². The van der Waals surface area contributed by atoms with E-state index in [0.29, 0.717) is 18.2 Å². The first-order chi connectivity index (χ1) is 10.6. The molecular weight excluding hydrogens is 298 g/mol. The van der Waals surface area contributed by atoms with Gasteiger partial charge in [0.15, 0.2) is 0 Å². The molecule has 0 saturated heterocycles. The lowest BCUT2D eigenvalue weighted by atomic mass is 10.1. The molecule has 2 N–H and O–H groups in total. The Balaban J connectivity index is 2.06. The molecule has 0 atom stereocenters. The fourth-order valence-electron chi connectivity index (χ4n) is 2.29. The van der Waals surface area contributed by atoms with Gasteiger partial charge in [0.1, 0.15) is 16.5 Å². The van der Waals surface area contributed by atoms with Crippen molar-refractivity contribution < 1.29 is 9.90 Å².